The molecule has 0 aliphatic heterocycles. The van der Waals surface area contributed by atoms with E-state index < -0.39 is 6.10 Å². The number of hydrogen-bond donors (Lipinski definition) is 2. The summed E-state index contributed by atoms with van der Waals surface area (Å²) >= 11 is 0. The number of nitrogens with one attached hydrogen (secondary N) is 1. The molecule has 0 aromatic heterocycles. The number of rotatable bonds is 13. The van der Waals surface area contributed by atoms with Gasteiger partial charge in [-0.25, -0.2) is 0 Å². The molecule has 0 bridgehead atoms. The van der Waals surface area contributed by atoms with E-state index in [4.69, 9.17) is 14.2 Å². The van der Waals surface area contributed by atoms with Crippen LogP contribution in [0.4, 0.5) is 0 Å². The molecule has 0 radical (unpaired) electrons. The van der Waals surface area contributed by atoms with E-state index in [2.05, 4.69) is 19.2 Å². The molecule has 5 heteroatoms. The Balaban J connectivity index is 3.48. The van der Waals surface area contributed by atoms with E-state index in [9.17, 15) is 5.11 Å². The molecule has 0 saturated heterocycles. The van der Waals surface area contributed by atoms with Gasteiger partial charge in [0.1, 0.15) is 0 Å². The van der Waals surface area contributed by atoms with Gasteiger partial charge in [-0.3, -0.25) is 0 Å². The van der Waals surface area contributed by atoms with Crippen molar-refractivity contribution in [1.82, 2.24) is 5.32 Å². The SMILES string of the molecule is CCOCCOCC(O)CNCC(C)(C)CCOC. The monoisotopic (exact) mass is 277 g/mol. The number of aliphatic hydroxyl groups is 1. The van der Waals surface area contributed by atoms with Gasteiger partial charge in [-0.15, -0.1) is 0 Å². The predicted octanol–water partition coefficient (Wildman–Crippen LogP) is 1.05. The molecule has 1 atom stereocenters. The average Bonchev–Trinajstić information content (AvgIpc) is 2.36. The summed E-state index contributed by atoms with van der Waals surface area (Å²) in [6, 6.07) is 0. The lowest BCUT2D eigenvalue weighted by atomic mass is 9.90. The Kier molecular flexibility index (Phi) is 11.5. The first-order chi connectivity index (χ1) is 9.02. The summed E-state index contributed by atoms with van der Waals surface area (Å²) in [5.74, 6) is 0. The zero-order chi connectivity index (χ0) is 14.6. The van der Waals surface area contributed by atoms with Crippen LogP contribution < -0.4 is 5.32 Å². The Morgan fingerprint density at radius 3 is 2.47 bits per heavy atom. The fourth-order valence-corrected chi connectivity index (χ4v) is 1.58. The summed E-state index contributed by atoms with van der Waals surface area (Å²) in [5.41, 5.74) is 0.172. The van der Waals surface area contributed by atoms with Crippen molar-refractivity contribution in [1.29, 1.82) is 0 Å². The Bertz CT molecular complexity index is 200. The highest BCUT2D eigenvalue weighted by Gasteiger charge is 2.17. The quantitative estimate of drug-likeness (QED) is 0.493. The zero-order valence-electron chi connectivity index (χ0n) is 12.9. The van der Waals surface area contributed by atoms with Crippen molar-refractivity contribution in [2.45, 2.75) is 33.3 Å². The minimum atomic E-state index is -0.472. The minimum Gasteiger partial charge on any atom is -0.389 e. The molecule has 0 aromatic carbocycles. The maximum atomic E-state index is 9.73. The lowest BCUT2D eigenvalue weighted by Gasteiger charge is -2.25. The Labute approximate surface area is 117 Å². The van der Waals surface area contributed by atoms with Crippen LogP contribution >= 0.6 is 0 Å². The summed E-state index contributed by atoms with van der Waals surface area (Å²) in [6.45, 7) is 10.6. The molecule has 0 heterocycles. The standard InChI is InChI=1S/C14H31NO4/c1-5-18-8-9-19-11-13(16)10-15-12-14(2,3)6-7-17-4/h13,15-16H,5-12H2,1-4H3. The lowest BCUT2D eigenvalue weighted by molar-refractivity contribution is 0.00577. The molecule has 116 valence electrons. The first kappa shape index (κ1) is 18.8. The van der Waals surface area contributed by atoms with Crippen molar-refractivity contribution < 1.29 is 19.3 Å². The van der Waals surface area contributed by atoms with Crippen molar-refractivity contribution in [3.05, 3.63) is 0 Å². The normalized spacial score (nSPS) is 13.7. The third-order valence-electron chi connectivity index (χ3n) is 2.85. The van der Waals surface area contributed by atoms with E-state index in [-0.39, 0.29) is 5.41 Å². The van der Waals surface area contributed by atoms with Crippen molar-refractivity contribution in [2.75, 3.05) is 53.2 Å². The van der Waals surface area contributed by atoms with Crippen LogP contribution in [-0.2, 0) is 14.2 Å². The summed E-state index contributed by atoms with van der Waals surface area (Å²) in [7, 11) is 1.72. The van der Waals surface area contributed by atoms with Crippen LogP contribution in [0, 0.1) is 5.41 Å². The highest BCUT2D eigenvalue weighted by atomic mass is 16.5. The van der Waals surface area contributed by atoms with Crippen molar-refractivity contribution in [2.24, 2.45) is 5.41 Å². The van der Waals surface area contributed by atoms with Gasteiger partial charge in [0.25, 0.3) is 0 Å². The average molecular weight is 277 g/mol. The molecule has 0 aliphatic rings. The second kappa shape index (κ2) is 11.6. The molecule has 1 unspecified atom stereocenters. The first-order valence-electron chi connectivity index (χ1n) is 7.05. The van der Waals surface area contributed by atoms with Crippen molar-refractivity contribution in [3.8, 4) is 0 Å². The van der Waals surface area contributed by atoms with Gasteiger partial charge in [0.2, 0.25) is 0 Å². The van der Waals surface area contributed by atoms with Crippen molar-refractivity contribution in [3.63, 3.8) is 0 Å². The van der Waals surface area contributed by atoms with Crippen LogP contribution in [0.25, 0.3) is 0 Å². The van der Waals surface area contributed by atoms with Crippen LogP contribution in [0.5, 0.6) is 0 Å². The van der Waals surface area contributed by atoms with Gasteiger partial charge < -0.3 is 24.6 Å². The van der Waals surface area contributed by atoms with Gasteiger partial charge in [0.15, 0.2) is 0 Å². The first-order valence-corrected chi connectivity index (χ1v) is 7.05. The molecule has 0 saturated carbocycles. The fraction of sp³-hybridized carbons (Fsp3) is 1.00. The number of ether oxygens (including phenoxy) is 3. The third-order valence-corrected chi connectivity index (χ3v) is 2.85. The lowest BCUT2D eigenvalue weighted by Crippen LogP contribution is -2.37. The minimum absolute atomic E-state index is 0.172. The van der Waals surface area contributed by atoms with Gasteiger partial charge in [-0.05, 0) is 18.8 Å². The molecule has 0 rings (SSSR count). The maximum absolute atomic E-state index is 9.73. The zero-order valence-corrected chi connectivity index (χ0v) is 12.9. The molecular formula is C14H31NO4. The van der Waals surface area contributed by atoms with Gasteiger partial charge in [-0.1, -0.05) is 13.8 Å². The molecule has 0 amide bonds. The van der Waals surface area contributed by atoms with Crippen LogP contribution in [0.2, 0.25) is 0 Å². The largest absolute Gasteiger partial charge is 0.389 e. The Hall–Kier alpha value is -0.200. The molecule has 5 nitrogen and oxygen atoms in total. The molecule has 0 aromatic rings. The summed E-state index contributed by atoms with van der Waals surface area (Å²) in [4.78, 5) is 0. The molecular weight excluding hydrogens is 246 g/mol. The third kappa shape index (κ3) is 12.6. The van der Waals surface area contributed by atoms with Crippen LogP contribution in [-0.4, -0.2) is 64.4 Å². The molecule has 0 aliphatic carbocycles. The fourth-order valence-electron chi connectivity index (χ4n) is 1.58. The summed E-state index contributed by atoms with van der Waals surface area (Å²) < 4.78 is 15.5. The highest BCUT2D eigenvalue weighted by molar-refractivity contribution is 4.72. The van der Waals surface area contributed by atoms with Gasteiger partial charge in [0, 0.05) is 33.4 Å². The van der Waals surface area contributed by atoms with E-state index in [0.29, 0.717) is 33.0 Å². The van der Waals surface area contributed by atoms with Crippen LogP contribution in [0.15, 0.2) is 0 Å². The smallest absolute Gasteiger partial charge is 0.0897 e. The second-order valence-corrected chi connectivity index (χ2v) is 5.46. The number of methoxy groups -OCH3 is 1. The highest BCUT2D eigenvalue weighted by Crippen LogP contribution is 2.18. The van der Waals surface area contributed by atoms with Crippen molar-refractivity contribution >= 4 is 0 Å². The van der Waals surface area contributed by atoms with E-state index in [1.807, 2.05) is 6.92 Å². The molecule has 19 heavy (non-hydrogen) atoms. The Morgan fingerprint density at radius 2 is 1.84 bits per heavy atom. The molecule has 0 spiro atoms. The second-order valence-electron chi connectivity index (χ2n) is 5.46. The summed E-state index contributed by atoms with van der Waals surface area (Å²) in [6.07, 6.45) is 0.525. The predicted molar refractivity (Wildman–Crippen MR) is 76.5 cm³/mol. The van der Waals surface area contributed by atoms with Crippen LogP contribution in [0.3, 0.4) is 0 Å². The molecule has 0 fully saturated rings. The van der Waals surface area contributed by atoms with Gasteiger partial charge >= 0.3 is 0 Å². The maximum Gasteiger partial charge on any atom is 0.0897 e. The van der Waals surface area contributed by atoms with Gasteiger partial charge in [0.05, 0.1) is 25.9 Å². The van der Waals surface area contributed by atoms with E-state index in [1.54, 1.807) is 7.11 Å². The van der Waals surface area contributed by atoms with Crippen LogP contribution in [0.1, 0.15) is 27.2 Å². The van der Waals surface area contributed by atoms with E-state index >= 15 is 0 Å². The number of hydrogen-bond acceptors (Lipinski definition) is 5. The molecule has 2 N–H and O–H groups in total. The van der Waals surface area contributed by atoms with Gasteiger partial charge in [-0.2, -0.15) is 0 Å². The van der Waals surface area contributed by atoms with E-state index in [1.165, 1.54) is 0 Å². The Morgan fingerprint density at radius 1 is 1.16 bits per heavy atom. The van der Waals surface area contributed by atoms with E-state index in [0.717, 1.165) is 19.6 Å². The number of aliphatic hydroxyl groups excluding tert-OH is 1. The topological polar surface area (TPSA) is 60.0 Å². The summed E-state index contributed by atoms with van der Waals surface area (Å²) in [5, 5.41) is 13.0.